The normalized spacial score (nSPS) is 15.5. The van der Waals surface area contributed by atoms with Crippen LogP contribution in [0.4, 0.5) is 4.39 Å². The molecule has 1 aliphatic rings. The first-order valence-electron chi connectivity index (χ1n) is 12.3. The van der Waals surface area contributed by atoms with Gasteiger partial charge in [-0.05, 0) is 86.6 Å². The molecule has 4 rings (SSSR count). The zero-order chi connectivity index (χ0) is 26.2. The van der Waals surface area contributed by atoms with Crippen molar-refractivity contribution in [3.63, 3.8) is 0 Å². The molecule has 194 valence electrons. The topological polar surface area (TPSA) is 71.8 Å². The van der Waals surface area contributed by atoms with Crippen LogP contribution < -0.4 is 10.1 Å². The number of furan rings is 1. The van der Waals surface area contributed by atoms with E-state index in [1.54, 1.807) is 31.6 Å². The van der Waals surface area contributed by atoms with Crippen LogP contribution in [0.3, 0.4) is 0 Å². The Labute approximate surface area is 224 Å². The Morgan fingerprint density at radius 3 is 2.62 bits per heavy atom. The van der Waals surface area contributed by atoms with Gasteiger partial charge >= 0.3 is 0 Å². The lowest BCUT2D eigenvalue weighted by Gasteiger charge is -2.33. The van der Waals surface area contributed by atoms with Gasteiger partial charge in [0, 0.05) is 46.6 Å². The summed E-state index contributed by atoms with van der Waals surface area (Å²) < 4.78 is 25.0. The van der Waals surface area contributed by atoms with Gasteiger partial charge in [0.2, 0.25) is 5.91 Å². The second-order valence-electron chi connectivity index (χ2n) is 9.15. The fourth-order valence-electron chi connectivity index (χ4n) is 4.62. The van der Waals surface area contributed by atoms with E-state index in [0.717, 1.165) is 41.7 Å². The number of piperidine rings is 1. The highest BCUT2D eigenvalue weighted by Crippen LogP contribution is 2.25. The van der Waals surface area contributed by atoms with E-state index in [9.17, 15) is 14.0 Å². The Morgan fingerprint density at radius 2 is 1.95 bits per heavy atom. The van der Waals surface area contributed by atoms with Gasteiger partial charge in [0.15, 0.2) is 5.78 Å². The monoisotopic (exact) mass is 568 g/mol. The predicted octanol–water partition coefficient (Wildman–Crippen LogP) is 5.53. The molecule has 2 aromatic carbocycles. The number of rotatable bonds is 10. The van der Waals surface area contributed by atoms with Crippen LogP contribution in [0.25, 0.3) is 6.08 Å². The van der Waals surface area contributed by atoms with Crippen molar-refractivity contribution in [3.8, 4) is 5.75 Å². The lowest BCUT2D eigenvalue weighted by Crippen LogP contribution is -2.47. The second kappa shape index (κ2) is 12.8. The average Bonchev–Trinajstić information content (AvgIpc) is 3.41. The van der Waals surface area contributed by atoms with E-state index < -0.39 is 0 Å². The fourth-order valence-corrected chi connectivity index (χ4v) is 5.00. The minimum absolute atomic E-state index is 0.0632. The van der Waals surface area contributed by atoms with Crippen LogP contribution in [0.5, 0.6) is 5.75 Å². The van der Waals surface area contributed by atoms with Gasteiger partial charge in [-0.1, -0.05) is 15.9 Å². The van der Waals surface area contributed by atoms with Crippen LogP contribution in [-0.2, 0) is 11.2 Å². The molecule has 0 saturated carbocycles. The van der Waals surface area contributed by atoms with Gasteiger partial charge in [0.05, 0.1) is 13.4 Å². The van der Waals surface area contributed by atoms with Crippen LogP contribution in [-0.4, -0.2) is 49.4 Å². The summed E-state index contributed by atoms with van der Waals surface area (Å²) in [4.78, 5) is 27.9. The van der Waals surface area contributed by atoms with Crippen LogP contribution >= 0.6 is 15.9 Å². The minimum Gasteiger partial charge on any atom is -0.496 e. The van der Waals surface area contributed by atoms with E-state index in [2.05, 4.69) is 26.1 Å². The molecular formula is C29H30BrFN2O4. The molecule has 0 aliphatic carbocycles. The maximum Gasteiger partial charge on any atom is 0.244 e. The number of hydrogen-bond acceptors (Lipinski definition) is 5. The molecule has 6 nitrogen and oxygen atoms in total. The van der Waals surface area contributed by atoms with Gasteiger partial charge in [-0.2, -0.15) is 0 Å². The zero-order valence-electron chi connectivity index (χ0n) is 20.7. The molecular weight excluding hydrogens is 539 g/mol. The second-order valence-corrected chi connectivity index (χ2v) is 10.1. The third-order valence-electron chi connectivity index (χ3n) is 6.55. The van der Waals surface area contributed by atoms with Gasteiger partial charge in [0.1, 0.15) is 17.3 Å². The molecule has 1 aliphatic heterocycles. The summed E-state index contributed by atoms with van der Waals surface area (Å²) in [6, 6.07) is 14.9. The number of amides is 1. The first kappa shape index (κ1) is 26.8. The largest absolute Gasteiger partial charge is 0.496 e. The molecule has 2 heterocycles. The molecule has 1 fully saturated rings. The minimum atomic E-state index is -0.346. The van der Waals surface area contributed by atoms with Gasteiger partial charge in [-0.25, -0.2) is 4.39 Å². The molecule has 1 unspecified atom stereocenters. The number of Topliss-reactive ketones (excluding diaryl/α,β-unsaturated/α-hetero) is 1. The molecule has 8 heteroatoms. The van der Waals surface area contributed by atoms with Crippen molar-refractivity contribution in [1.29, 1.82) is 0 Å². The van der Waals surface area contributed by atoms with Crippen LogP contribution in [0, 0.1) is 11.7 Å². The Bertz CT molecular complexity index is 1220. The Hall–Kier alpha value is -3.23. The quantitative estimate of drug-likeness (QED) is 0.257. The van der Waals surface area contributed by atoms with Crippen LogP contribution in [0.2, 0.25) is 0 Å². The number of carbonyl (C=O) groups is 2. The lowest BCUT2D eigenvalue weighted by molar-refractivity contribution is -0.117. The van der Waals surface area contributed by atoms with Gasteiger partial charge in [-0.15, -0.1) is 0 Å². The van der Waals surface area contributed by atoms with Gasteiger partial charge < -0.3 is 19.4 Å². The number of benzene rings is 2. The average molecular weight is 569 g/mol. The summed E-state index contributed by atoms with van der Waals surface area (Å²) in [7, 11) is 1.59. The maximum absolute atomic E-state index is 13.2. The van der Waals surface area contributed by atoms with E-state index in [1.165, 1.54) is 18.2 Å². The number of likely N-dealkylation sites (tertiary alicyclic amines) is 1. The van der Waals surface area contributed by atoms with Crippen molar-refractivity contribution >= 4 is 33.7 Å². The fraction of sp³-hybridized carbons (Fsp3) is 0.310. The highest BCUT2D eigenvalue weighted by atomic mass is 79.9. The maximum atomic E-state index is 13.2. The molecule has 0 spiro atoms. The van der Waals surface area contributed by atoms with Crippen LogP contribution in [0.15, 0.2) is 75.8 Å². The summed E-state index contributed by atoms with van der Waals surface area (Å²) in [5.41, 5.74) is 1.35. The van der Waals surface area contributed by atoms with Crippen molar-refractivity contribution in [2.75, 3.05) is 26.7 Å². The Morgan fingerprint density at radius 1 is 1.19 bits per heavy atom. The molecule has 0 bridgehead atoms. The van der Waals surface area contributed by atoms with E-state index in [4.69, 9.17) is 9.15 Å². The first-order chi connectivity index (χ1) is 17.9. The van der Waals surface area contributed by atoms with E-state index in [-0.39, 0.29) is 29.5 Å². The third kappa shape index (κ3) is 7.63. The summed E-state index contributed by atoms with van der Waals surface area (Å²) >= 11 is 3.45. The molecule has 1 amide bonds. The van der Waals surface area contributed by atoms with E-state index in [0.29, 0.717) is 24.3 Å². The Balaban J connectivity index is 1.36. The third-order valence-corrected chi connectivity index (χ3v) is 7.04. The molecule has 1 atom stereocenters. The summed E-state index contributed by atoms with van der Waals surface area (Å²) in [5.74, 6) is 0.902. The molecule has 1 aromatic heterocycles. The molecule has 1 N–H and O–H groups in total. The summed E-state index contributed by atoms with van der Waals surface area (Å²) in [6.45, 7) is 2.12. The molecule has 3 aromatic rings. The van der Waals surface area contributed by atoms with Gasteiger partial charge in [-0.3, -0.25) is 9.59 Å². The zero-order valence-corrected chi connectivity index (χ0v) is 22.2. The number of ether oxygens (including phenoxy) is 1. The van der Waals surface area contributed by atoms with Crippen LogP contribution in [0.1, 0.15) is 34.5 Å². The number of hydrogen-bond donors (Lipinski definition) is 1. The van der Waals surface area contributed by atoms with Crippen molar-refractivity contribution < 1.29 is 23.1 Å². The Kier molecular flexibility index (Phi) is 9.30. The predicted molar refractivity (Wildman–Crippen MR) is 144 cm³/mol. The lowest BCUT2D eigenvalue weighted by atomic mass is 9.88. The standard InChI is InChI=1S/C29H30BrFN2O4/c1-36-27-10-7-23(30)17-22(27)6-11-28(34)32-25(18-26-3-2-16-37-26)19-33-14-12-21(13-15-33)29(35)20-4-8-24(31)9-5-20/h2-11,16-17,21,25H,12-15,18-19H2,1H3,(H,32,34)/b11-6+. The number of ketones is 1. The number of halogens is 2. The first-order valence-corrected chi connectivity index (χ1v) is 13.1. The van der Waals surface area contributed by atoms with E-state index >= 15 is 0 Å². The smallest absolute Gasteiger partial charge is 0.244 e. The van der Waals surface area contributed by atoms with Crippen molar-refractivity contribution in [2.24, 2.45) is 5.92 Å². The number of methoxy groups -OCH3 is 1. The summed E-state index contributed by atoms with van der Waals surface area (Å²) in [6.07, 6.45) is 6.87. The summed E-state index contributed by atoms with van der Waals surface area (Å²) in [5, 5.41) is 3.11. The molecule has 37 heavy (non-hydrogen) atoms. The van der Waals surface area contributed by atoms with E-state index in [1.807, 2.05) is 30.3 Å². The highest BCUT2D eigenvalue weighted by Gasteiger charge is 2.27. The van der Waals surface area contributed by atoms with Crippen molar-refractivity contribution in [2.45, 2.75) is 25.3 Å². The SMILES string of the molecule is COc1ccc(Br)cc1/C=C/C(=O)NC(Cc1ccco1)CN1CCC(C(=O)c2ccc(F)cc2)CC1. The number of nitrogens with one attached hydrogen (secondary N) is 1. The number of nitrogens with zero attached hydrogens (tertiary/aromatic N) is 1. The molecule has 0 radical (unpaired) electrons. The number of carbonyl (C=O) groups excluding carboxylic acids is 2. The molecule has 1 saturated heterocycles. The van der Waals surface area contributed by atoms with Crippen molar-refractivity contribution in [3.05, 3.63) is 94.1 Å². The van der Waals surface area contributed by atoms with Crippen molar-refractivity contribution in [1.82, 2.24) is 10.2 Å². The highest BCUT2D eigenvalue weighted by molar-refractivity contribution is 9.10. The van der Waals surface area contributed by atoms with Gasteiger partial charge in [0.25, 0.3) is 0 Å².